The normalized spacial score (nSPS) is 11.0. The van der Waals surface area contributed by atoms with Gasteiger partial charge in [0, 0.05) is 27.8 Å². The van der Waals surface area contributed by atoms with Crippen LogP contribution in [0.25, 0.3) is 22.2 Å². The van der Waals surface area contributed by atoms with E-state index in [1.165, 1.54) is 11.8 Å². The van der Waals surface area contributed by atoms with Gasteiger partial charge in [0.05, 0.1) is 10.6 Å². The summed E-state index contributed by atoms with van der Waals surface area (Å²) in [6.07, 6.45) is 3.35. The molecule has 0 bridgehead atoms. The van der Waals surface area contributed by atoms with Gasteiger partial charge in [-0.3, -0.25) is 4.98 Å². The predicted molar refractivity (Wildman–Crippen MR) is 92.4 cm³/mol. The Labute approximate surface area is 152 Å². The lowest BCUT2D eigenvalue weighted by atomic mass is 10.3. The third-order valence-electron chi connectivity index (χ3n) is 2.91. The van der Waals surface area contributed by atoms with Crippen LogP contribution in [0.3, 0.4) is 0 Å². The second kappa shape index (κ2) is 6.83. The lowest BCUT2D eigenvalue weighted by molar-refractivity contribution is 0.391. The maximum absolute atomic E-state index is 5.61. The first-order valence-corrected chi connectivity index (χ1v) is 9.37. The number of thiophene rings is 1. The summed E-state index contributed by atoms with van der Waals surface area (Å²) in [6.45, 7) is 0. The van der Waals surface area contributed by atoms with E-state index in [1.54, 1.807) is 23.7 Å². The highest BCUT2D eigenvalue weighted by Crippen LogP contribution is 2.29. The van der Waals surface area contributed by atoms with Gasteiger partial charge in [0.15, 0.2) is 0 Å². The highest BCUT2D eigenvalue weighted by atomic mass is 79.9. The molecule has 0 atom stereocenters. The Balaban J connectivity index is 1.42. The van der Waals surface area contributed by atoms with Gasteiger partial charge in [-0.2, -0.15) is 4.98 Å². The lowest BCUT2D eigenvalue weighted by Crippen LogP contribution is -1.81. The first kappa shape index (κ1) is 15.5. The first-order chi connectivity index (χ1) is 11.8. The van der Waals surface area contributed by atoms with Crippen LogP contribution in [0.4, 0.5) is 0 Å². The summed E-state index contributed by atoms with van der Waals surface area (Å²) in [5.41, 5.74) is 0.827. The molecule has 120 valence electrons. The molecule has 0 spiro atoms. The monoisotopic (exact) mass is 421 g/mol. The smallest absolute Gasteiger partial charge is 0.277 e. The Morgan fingerprint density at radius 1 is 1.21 bits per heavy atom. The van der Waals surface area contributed by atoms with Crippen molar-refractivity contribution in [3.63, 3.8) is 0 Å². The van der Waals surface area contributed by atoms with E-state index < -0.39 is 0 Å². The summed E-state index contributed by atoms with van der Waals surface area (Å²) in [5.74, 6) is 1.99. The molecule has 4 rings (SSSR count). The zero-order valence-electron chi connectivity index (χ0n) is 11.9. The van der Waals surface area contributed by atoms with E-state index in [0.29, 0.717) is 28.6 Å². The van der Waals surface area contributed by atoms with Crippen LogP contribution in [0.2, 0.25) is 0 Å². The number of aromatic nitrogens is 5. The molecule has 0 unspecified atom stereocenters. The van der Waals surface area contributed by atoms with Crippen molar-refractivity contribution in [2.45, 2.75) is 11.0 Å². The Kier molecular flexibility index (Phi) is 4.41. The zero-order chi connectivity index (χ0) is 16.4. The van der Waals surface area contributed by atoms with Crippen molar-refractivity contribution in [3.8, 4) is 22.2 Å². The summed E-state index contributed by atoms with van der Waals surface area (Å²) in [4.78, 5) is 9.27. The van der Waals surface area contributed by atoms with E-state index in [4.69, 9.17) is 8.94 Å². The van der Waals surface area contributed by atoms with Gasteiger partial charge >= 0.3 is 0 Å². The van der Waals surface area contributed by atoms with Crippen LogP contribution in [0, 0.1) is 0 Å². The van der Waals surface area contributed by atoms with Crippen LogP contribution in [0.15, 0.2) is 54.6 Å². The van der Waals surface area contributed by atoms with E-state index in [1.807, 2.05) is 23.6 Å². The van der Waals surface area contributed by atoms with Crippen molar-refractivity contribution >= 4 is 39.0 Å². The van der Waals surface area contributed by atoms with Crippen molar-refractivity contribution < 1.29 is 8.94 Å². The molecule has 0 amide bonds. The maximum Gasteiger partial charge on any atom is 0.277 e. The Morgan fingerprint density at radius 2 is 2.08 bits per heavy atom. The molecule has 0 aliphatic rings. The fourth-order valence-corrected chi connectivity index (χ4v) is 3.80. The van der Waals surface area contributed by atoms with E-state index in [-0.39, 0.29) is 0 Å². The molecule has 0 aliphatic carbocycles. The highest BCUT2D eigenvalue weighted by Gasteiger charge is 2.13. The van der Waals surface area contributed by atoms with Crippen LogP contribution in [-0.4, -0.2) is 25.3 Å². The van der Waals surface area contributed by atoms with Crippen LogP contribution in [0.5, 0.6) is 0 Å². The minimum Gasteiger partial charge on any atom is -0.411 e. The van der Waals surface area contributed by atoms with Crippen molar-refractivity contribution in [3.05, 3.63) is 46.3 Å². The molecule has 4 aromatic heterocycles. The molecule has 24 heavy (non-hydrogen) atoms. The van der Waals surface area contributed by atoms with Gasteiger partial charge in [-0.1, -0.05) is 16.9 Å². The molecule has 4 heterocycles. The number of pyridine rings is 1. The van der Waals surface area contributed by atoms with Gasteiger partial charge in [-0.25, -0.2) is 0 Å². The van der Waals surface area contributed by atoms with Gasteiger partial charge in [0.1, 0.15) is 0 Å². The predicted octanol–water partition coefficient (Wildman–Crippen LogP) is 4.30. The number of halogens is 1. The molecule has 0 saturated heterocycles. The van der Waals surface area contributed by atoms with Gasteiger partial charge < -0.3 is 8.94 Å². The summed E-state index contributed by atoms with van der Waals surface area (Å²) in [5, 5.41) is 14.4. The SMILES string of the molecule is Brc1csc(-c2noc(CSc3nnc(-c4ccncc4)o3)n2)c1. The summed E-state index contributed by atoms with van der Waals surface area (Å²) in [6, 6.07) is 5.57. The van der Waals surface area contributed by atoms with Crippen LogP contribution in [-0.2, 0) is 5.75 Å². The zero-order valence-corrected chi connectivity index (χ0v) is 15.1. The number of rotatable bonds is 5. The fraction of sp³-hybridized carbons (Fsp3) is 0.0714. The molecular formula is C14H8BrN5O2S2. The van der Waals surface area contributed by atoms with Crippen molar-refractivity contribution in [1.29, 1.82) is 0 Å². The first-order valence-electron chi connectivity index (χ1n) is 6.71. The molecule has 7 nitrogen and oxygen atoms in total. The van der Waals surface area contributed by atoms with Crippen molar-refractivity contribution in [2.75, 3.05) is 0 Å². The average Bonchev–Trinajstić information content (AvgIpc) is 3.34. The molecular weight excluding hydrogens is 414 g/mol. The Hall–Kier alpha value is -2.04. The minimum atomic E-state index is 0.445. The van der Waals surface area contributed by atoms with Crippen molar-refractivity contribution in [2.24, 2.45) is 0 Å². The van der Waals surface area contributed by atoms with Crippen molar-refractivity contribution in [1.82, 2.24) is 25.3 Å². The quantitative estimate of drug-likeness (QED) is 0.440. The number of nitrogens with zero attached hydrogens (tertiary/aromatic N) is 5. The van der Waals surface area contributed by atoms with Crippen LogP contribution in [0.1, 0.15) is 5.89 Å². The van der Waals surface area contributed by atoms with E-state index in [2.05, 4.69) is 41.3 Å². The van der Waals surface area contributed by atoms with Gasteiger partial charge in [0.25, 0.3) is 5.22 Å². The maximum atomic E-state index is 5.61. The molecule has 0 aliphatic heterocycles. The molecule has 4 aromatic rings. The van der Waals surface area contributed by atoms with Gasteiger partial charge in [-0.15, -0.1) is 21.5 Å². The molecule has 0 saturated carbocycles. The third kappa shape index (κ3) is 3.40. The summed E-state index contributed by atoms with van der Waals surface area (Å²) in [7, 11) is 0. The number of hydrogen-bond acceptors (Lipinski definition) is 9. The average molecular weight is 422 g/mol. The molecule has 0 fully saturated rings. The highest BCUT2D eigenvalue weighted by molar-refractivity contribution is 9.10. The minimum absolute atomic E-state index is 0.445. The number of thioether (sulfide) groups is 1. The fourth-order valence-electron chi connectivity index (χ4n) is 1.85. The van der Waals surface area contributed by atoms with Gasteiger partial charge in [0.2, 0.25) is 17.6 Å². The van der Waals surface area contributed by atoms with E-state index >= 15 is 0 Å². The number of hydrogen-bond donors (Lipinski definition) is 0. The van der Waals surface area contributed by atoms with Crippen LogP contribution < -0.4 is 0 Å². The molecule has 0 radical (unpaired) electrons. The van der Waals surface area contributed by atoms with E-state index in [9.17, 15) is 0 Å². The molecule has 10 heteroatoms. The second-order valence-corrected chi connectivity index (χ2v) is 7.29. The van der Waals surface area contributed by atoms with E-state index in [0.717, 1.165) is 14.9 Å². The molecule has 0 aromatic carbocycles. The topological polar surface area (TPSA) is 90.7 Å². The second-order valence-electron chi connectivity index (χ2n) is 4.54. The molecule has 0 N–H and O–H groups in total. The van der Waals surface area contributed by atoms with Gasteiger partial charge in [-0.05, 0) is 34.1 Å². The summed E-state index contributed by atoms with van der Waals surface area (Å²) >= 11 is 6.30. The lowest BCUT2D eigenvalue weighted by Gasteiger charge is -1.92. The Bertz CT molecular complexity index is 953. The van der Waals surface area contributed by atoms with Crippen LogP contribution >= 0.6 is 39.0 Å². The largest absolute Gasteiger partial charge is 0.411 e. The Morgan fingerprint density at radius 3 is 2.88 bits per heavy atom. The summed E-state index contributed by atoms with van der Waals surface area (Å²) < 4.78 is 11.9. The standard InChI is InChI=1S/C14H8BrN5O2S2/c15-9-5-10(23-6-9)12-17-11(22-20-12)7-24-14-19-18-13(21-14)8-1-3-16-4-2-8/h1-6H,7H2. The third-order valence-corrected chi connectivity index (χ3v) is 5.40.